The van der Waals surface area contributed by atoms with Crippen LogP contribution in [0, 0.1) is 17.2 Å². The Morgan fingerprint density at radius 1 is 1.58 bits per heavy atom. The fraction of sp³-hybridized carbons (Fsp3) is 0.571. The predicted octanol–water partition coefficient (Wildman–Crippen LogP) is 2.66. The second-order valence-corrected chi connectivity index (χ2v) is 6.01. The second kappa shape index (κ2) is 5.62. The van der Waals surface area contributed by atoms with Crippen molar-refractivity contribution >= 4 is 22.3 Å². The van der Waals surface area contributed by atoms with E-state index < -0.39 is 11.9 Å². The van der Waals surface area contributed by atoms with E-state index in [9.17, 15) is 10.1 Å². The molecule has 1 heterocycles. The first-order chi connectivity index (χ1) is 9.08. The van der Waals surface area contributed by atoms with Gasteiger partial charge in [-0.25, -0.2) is 0 Å². The summed E-state index contributed by atoms with van der Waals surface area (Å²) in [5, 5.41) is 19.4. The Balaban J connectivity index is 2.29. The zero-order chi connectivity index (χ0) is 14.0. The first-order valence-corrected chi connectivity index (χ1v) is 7.42. The maximum Gasteiger partial charge on any atom is 0.308 e. The van der Waals surface area contributed by atoms with Crippen LogP contribution in [0.4, 0.5) is 5.00 Å². The van der Waals surface area contributed by atoms with Crippen molar-refractivity contribution in [2.24, 2.45) is 5.92 Å². The van der Waals surface area contributed by atoms with E-state index in [4.69, 9.17) is 5.11 Å². The maximum absolute atomic E-state index is 11.0. The number of hydrogen-bond acceptors (Lipinski definition) is 4. The number of thiophene rings is 1. The summed E-state index contributed by atoms with van der Waals surface area (Å²) in [5.41, 5.74) is 1.97. The van der Waals surface area contributed by atoms with E-state index in [2.05, 4.69) is 6.07 Å². The van der Waals surface area contributed by atoms with Gasteiger partial charge in [-0.1, -0.05) is 6.92 Å². The Morgan fingerprint density at radius 3 is 2.89 bits per heavy atom. The lowest BCUT2D eigenvalue weighted by Crippen LogP contribution is -2.31. The topological polar surface area (TPSA) is 64.3 Å². The van der Waals surface area contributed by atoms with Crippen molar-refractivity contribution in [2.75, 3.05) is 18.0 Å². The van der Waals surface area contributed by atoms with Crippen LogP contribution in [0.15, 0.2) is 0 Å². The van der Waals surface area contributed by atoms with E-state index in [0.29, 0.717) is 6.54 Å². The van der Waals surface area contributed by atoms with Gasteiger partial charge in [-0.15, -0.1) is 11.3 Å². The van der Waals surface area contributed by atoms with Gasteiger partial charge in [-0.05, 0) is 31.7 Å². The number of hydrogen-bond donors (Lipinski definition) is 1. The summed E-state index contributed by atoms with van der Waals surface area (Å²) in [6.45, 7) is 4.89. The van der Waals surface area contributed by atoms with Gasteiger partial charge in [-0.2, -0.15) is 5.26 Å². The molecule has 1 N–H and O–H groups in total. The molecule has 1 unspecified atom stereocenters. The predicted molar refractivity (Wildman–Crippen MR) is 75.7 cm³/mol. The molecule has 1 aromatic rings. The molecular formula is C14H18N2O2S. The quantitative estimate of drug-likeness (QED) is 0.899. The second-order valence-electron chi connectivity index (χ2n) is 4.93. The highest BCUT2D eigenvalue weighted by atomic mass is 32.1. The smallest absolute Gasteiger partial charge is 0.308 e. The summed E-state index contributed by atoms with van der Waals surface area (Å²) in [6.07, 6.45) is 3.18. The molecule has 5 heteroatoms. The Bertz CT molecular complexity index is 530. The molecule has 0 saturated carbocycles. The van der Waals surface area contributed by atoms with Crippen molar-refractivity contribution in [3.8, 4) is 6.07 Å². The number of anilines is 1. The largest absolute Gasteiger partial charge is 0.481 e. The van der Waals surface area contributed by atoms with Crippen LogP contribution in [-0.4, -0.2) is 24.2 Å². The molecule has 0 fully saturated rings. The fourth-order valence-electron chi connectivity index (χ4n) is 2.49. The molecule has 0 bridgehead atoms. The normalized spacial score (nSPS) is 14.8. The van der Waals surface area contributed by atoms with Crippen LogP contribution in [0.2, 0.25) is 0 Å². The maximum atomic E-state index is 11.0. The first-order valence-electron chi connectivity index (χ1n) is 6.60. The number of aryl methyl sites for hydroxylation is 1. The van der Waals surface area contributed by atoms with Gasteiger partial charge in [0.15, 0.2) is 0 Å². The molecule has 0 saturated heterocycles. The van der Waals surface area contributed by atoms with Gasteiger partial charge >= 0.3 is 5.97 Å². The summed E-state index contributed by atoms with van der Waals surface area (Å²) in [6, 6.07) is 2.31. The average molecular weight is 278 g/mol. The summed E-state index contributed by atoms with van der Waals surface area (Å²) in [5.74, 6) is -1.22. The van der Waals surface area contributed by atoms with E-state index in [0.717, 1.165) is 36.4 Å². The standard InChI is InChI=1S/C14H18N2O2S/c1-3-16(8-9(2)14(17)18)13-11(7-15)10-5-4-6-12(10)19-13/h9H,3-6,8H2,1-2H3,(H,17,18). The van der Waals surface area contributed by atoms with E-state index in [1.165, 1.54) is 10.4 Å². The Hall–Kier alpha value is -1.54. The summed E-state index contributed by atoms with van der Waals surface area (Å²) in [7, 11) is 0. The van der Waals surface area contributed by atoms with Gasteiger partial charge in [0, 0.05) is 18.0 Å². The zero-order valence-corrected chi connectivity index (χ0v) is 12.1. The molecule has 0 aromatic carbocycles. The Morgan fingerprint density at radius 2 is 2.32 bits per heavy atom. The van der Waals surface area contributed by atoms with Crippen LogP contribution in [-0.2, 0) is 17.6 Å². The van der Waals surface area contributed by atoms with E-state index in [1.807, 2.05) is 11.8 Å². The highest BCUT2D eigenvalue weighted by Crippen LogP contribution is 2.40. The molecule has 0 aliphatic heterocycles. The summed E-state index contributed by atoms with van der Waals surface area (Å²) < 4.78 is 0. The van der Waals surface area contributed by atoms with Crippen molar-refractivity contribution in [1.29, 1.82) is 5.26 Å². The third kappa shape index (κ3) is 2.59. The van der Waals surface area contributed by atoms with E-state index in [1.54, 1.807) is 18.3 Å². The summed E-state index contributed by atoms with van der Waals surface area (Å²) >= 11 is 1.67. The number of rotatable bonds is 5. The molecule has 102 valence electrons. The summed E-state index contributed by atoms with van der Waals surface area (Å²) in [4.78, 5) is 14.3. The number of fused-ring (bicyclic) bond motifs is 1. The van der Waals surface area contributed by atoms with Crippen LogP contribution < -0.4 is 4.90 Å². The number of nitrogens with zero attached hydrogens (tertiary/aromatic N) is 2. The van der Waals surface area contributed by atoms with Crippen molar-refractivity contribution < 1.29 is 9.90 Å². The van der Waals surface area contributed by atoms with Crippen LogP contribution in [0.25, 0.3) is 0 Å². The van der Waals surface area contributed by atoms with Gasteiger partial charge < -0.3 is 10.0 Å². The van der Waals surface area contributed by atoms with Crippen molar-refractivity contribution in [1.82, 2.24) is 0 Å². The number of nitriles is 1. The minimum atomic E-state index is -0.791. The Labute approximate surface area is 117 Å². The van der Waals surface area contributed by atoms with Crippen molar-refractivity contribution in [3.05, 3.63) is 16.0 Å². The number of carbonyl (C=O) groups is 1. The van der Waals surface area contributed by atoms with E-state index in [-0.39, 0.29) is 0 Å². The first kappa shape index (κ1) is 13.9. The van der Waals surface area contributed by atoms with Gasteiger partial charge in [0.1, 0.15) is 11.1 Å². The van der Waals surface area contributed by atoms with Crippen LogP contribution >= 0.6 is 11.3 Å². The number of carboxylic acids is 1. The molecule has 1 atom stereocenters. The molecular weight excluding hydrogens is 260 g/mol. The molecule has 1 aromatic heterocycles. The number of aliphatic carboxylic acids is 1. The SMILES string of the molecule is CCN(CC(C)C(=O)O)c1sc2c(c1C#N)CCC2. The molecule has 2 rings (SSSR count). The van der Waals surface area contributed by atoms with Crippen LogP contribution in [0.5, 0.6) is 0 Å². The average Bonchev–Trinajstić information content (AvgIpc) is 2.95. The Kier molecular flexibility index (Phi) is 4.11. The molecule has 0 radical (unpaired) electrons. The fourth-order valence-corrected chi connectivity index (χ4v) is 3.90. The molecule has 4 nitrogen and oxygen atoms in total. The molecule has 0 amide bonds. The van der Waals surface area contributed by atoms with Crippen molar-refractivity contribution in [3.63, 3.8) is 0 Å². The van der Waals surface area contributed by atoms with Crippen molar-refractivity contribution in [2.45, 2.75) is 33.1 Å². The third-order valence-corrected chi connectivity index (χ3v) is 4.95. The zero-order valence-electron chi connectivity index (χ0n) is 11.3. The lowest BCUT2D eigenvalue weighted by atomic mass is 10.1. The molecule has 0 spiro atoms. The van der Waals surface area contributed by atoms with Crippen LogP contribution in [0.1, 0.15) is 36.3 Å². The van der Waals surface area contributed by atoms with E-state index >= 15 is 0 Å². The van der Waals surface area contributed by atoms with Gasteiger partial charge in [0.05, 0.1) is 11.5 Å². The minimum absolute atomic E-state index is 0.427. The van der Waals surface area contributed by atoms with Crippen LogP contribution in [0.3, 0.4) is 0 Å². The lowest BCUT2D eigenvalue weighted by Gasteiger charge is -2.24. The molecule has 19 heavy (non-hydrogen) atoms. The minimum Gasteiger partial charge on any atom is -0.481 e. The molecule has 1 aliphatic rings. The lowest BCUT2D eigenvalue weighted by molar-refractivity contribution is -0.140. The highest BCUT2D eigenvalue weighted by molar-refractivity contribution is 7.16. The van der Waals surface area contributed by atoms with Gasteiger partial charge in [0.25, 0.3) is 0 Å². The third-order valence-electron chi connectivity index (χ3n) is 3.60. The van der Waals surface area contributed by atoms with Gasteiger partial charge in [0.2, 0.25) is 0 Å². The molecule has 1 aliphatic carbocycles. The number of carboxylic acid groups (broad SMARTS) is 1. The monoisotopic (exact) mass is 278 g/mol. The highest BCUT2D eigenvalue weighted by Gasteiger charge is 2.26. The van der Waals surface area contributed by atoms with Gasteiger partial charge in [-0.3, -0.25) is 4.79 Å².